The molecule has 1 aromatic rings. The zero-order valence-corrected chi connectivity index (χ0v) is 10.5. The van der Waals surface area contributed by atoms with Crippen molar-refractivity contribution in [2.45, 2.75) is 31.9 Å². The number of carboxylic acid groups (broad SMARTS) is 1. The summed E-state index contributed by atoms with van der Waals surface area (Å²) in [6.07, 6.45) is -4.89. The molecule has 0 aliphatic carbocycles. The average Bonchev–Trinajstić information content (AvgIpc) is 2.31. The van der Waals surface area contributed by atoms with E-state index in [1.165, 1.54) is 6.92 Å². The van der Waals surface area contributed by atoms with Crippen molar-refractivity contribution in [3.63, 3.8) is 0 Å². The van der Waals surface area contributed by atoms with Crippen LogP contribution in [0.4, 0.5) is 17.6 Å². The Morgan fingerprint density at radius 1 is 1.26 bits per heavy atom. The molecule has 0 aliphatic rings. The van der Waals surface area contributed by atoms with Gasteiger partial charge >= 0.3 is 12.1 Å². The minimum atomic E-state index is -4.65. The van der Waals surface area contributed by atoms with E-state index in [2.05, 4.69) is 0 Å². The van der Waals surface area contributed by atoms with Crippen LogP contribution in [0, 0.1) is 11.7 Å². The molecule has 1 unspecified atom stereocenters. The van der Waals surface area contributed by atoms with Gasteiger partial charge in [0.2, 0.25) is 0 Å². The highest BCUT2D eigenvalue weighted by Crippen LogP contribution is 2.44. The fraction of sp³-hybridized carbons (Fsp3) is 0.462. The van der Waals surface area contributed by atoms with Crippen LogP contribution in [0.2, 0.25) is 0 Å². The molecular formula is C13H14F4O2. The van der Waals surface area contributed by atoms with E-state index in [-0.39, 0.29) is 12.0 Å². The summed E-state index contributed by atoms with van der Waals surface area (Å²) in [5.74, 6) is -4.27. The summed E-state index contributed by atoms with van der Waals surface area (Å²) < 4.78 is 51.6. The van der Waals surface area contributed by atoms with Crippen LogP contribution in [-0.2, 0) is 10.2 Å². The summed E-state index contributed by atoms with van der Waals surface area (Å²) in [6.45, 7) is 2.21. The molecule has 0 aromatic heterocycles. The van der Waals surface area contributed by atoms with Gasteiger partial charge in [-0.1, -0.05) is 26.0 Å². The number of carbonyl (C=O) groups is 1. The van der Waals surface area contributed by atoms with E-state index in [0.717, 1.165) is 31.2 Å². The van der Waals surface area contributed by atoms with Crippen molar-refractivity contribution >= 4 is 5.97 Å². The maximum Gasteiger partial charge on any atom is 0.392 e. The van der Waals surface area contributed by atoms with Crippen LogP contribution in [0.25, 0.3) is 0 Å². The molecule has 0 saturated carbocycles. The molecule has 0 fully saturated rings. The molecule has 0 radical (unpaired) electrons. The summed E-state index contributed by atoms with van der Waals surface area (Å²) in [4.78, 5) is 11.4. The van der Waals surface area contributed by atoms with E-state index in [0.29, 0.717) is 0 Å². The zero-order valence-electron chi connectivity index (χ0n) is 10.5. The van der Waals surface area contributed by atoms with Gasteiger partial charge in [-0.2, -0.15) is 13.2 Å². The number of hydrogen-bond donors (Lipinski definition) is 1. The molecule has 106 valence electrons. The van der Waals surface area contributed by atoms with Crippen LogP contribution in [-0.4, -0.2) is 17.3 Å². The third-order valence-electron chi connectivity index (χ3n) is 3.53. The molecule has 19 heavy (non-hydrogen) atoms. The minimum absolute atomic E-state index is 0.0475. The maximum absolute atomic E-state index is 12.9. The molecule has 0 spiro atoms. The Kier molecular flexibility index (Phi) is 4.22. The van der Waals surface area contributed by atoms with Gasteiger partial charge in [0.15, 0.2) is 0 Å². The zero-order chi connectivity index (χ0) is 14.8. The molecule has 1 N–H and O–H groups in total. The number of halogens is 4. The van der Waals surface area contributed by atoms with Crippen LogP contribution in [0.1, 0.15) is 25.8 Å². The predicted molar refractivity (Wildman–Crippen MR) is 61.2 cm³/mol. The number of aliphatic carboxylic acids is 1. The number of carboxylic acids is 1. The molecule has 0 aliphatic heterocycles. The number of benzene rings is 1. The fourth-order valence-corrected chi connectivity index (χ4v) is 2.25. The largest absolute Gasteiger partial charge is 0.481 e. The first-order chi connectivity index (χ1) is 8.66. The van der Waals surface area contributed by atoms with Crippen LogP contribution < -0.4 is 0 Å². The smallest absolute Gasteiger partial charge is 0.392 e. The van der Waals surface area contributed by atoms with Crippen LogP contribution in [0.3, 0.4) is 0 Å². The van der Waals surface area contributed by atoms with Crippen molar-refractivity contribution in [2.75, 3.05) is 0 Å². The fourth-order valence-electron chi connectivity index (χ4n) is 2.25. The second-order valence-corrected chi connectivity index (χ2v) is 4.40. The lowest BCUT2D eigenvalue weighted by atomic mass is 9.68. The summed E-state index contributed by atoms with van der Waals surface area (Å²) in [7, 11) is 0. The minimum Gasteiger partial charge on any atom is -0.481 e. The van der Waals surface area contributed by atoms with Crippen molar-refractivity contribution in [1.29, 1.82) is 0 Å². The van der Waals surface area contributed by atoms with Gasteiger partial charge in [0.05, 0.1) is 5.92 Å². The molecular weight excluding hydrogens is 264 g/mol. The highest BCUT2D eigenvalue weighted by molar-refractivity contribution is 5.82. The lowest BCUT2D eigenvalue weighted by Gasteiger charge is -2.36. The van der Waals surface area contributed by atoms with Crippen LogP contribution in [0.15, 0.2) is 24.3 Å². The molecule has 0 amide bonds. The second-order valence-electron chi connectivity index (χ2n) is 4.40. The van der Waals surface area contributed by atoms with E-state index in [1.807, 2.05) is 0 Å². The van der Waals surface area contributed by atoms with Crippen LogP contribution in [0.5, 0.6) is 0 Å². The van der Waals surface area contributed by atoms with E-state index < -0.39 is 29.3 Å². The molecule has 2 atom stereocenters. The van der Waals surface area contributed by atoms with Crippen molar-refractivity contribution in [2.24, 2.45) is 5.92 Å². The Hall–Kier alpha value is -1.59. The van der Waals surface area contributed by atoms with Crippen LogP contribution >= 0.6 is 0 Å². The summed E-state index contributed by atoms with van der Waals surface area (Å²) >= 11 is 0. The van der Waals surface area contributed by atoms with E-state index in [4.69, 9.17) is 0 Å². The predicted octanol–water partition coefficient (Wildman–Crippen LogP) is 3.76. The van der Waals surface area contributed by atoms with E-state index in [1.54, 1.807) is 0 Å². The van der Waals surface area contributed by atoms with Gasteiger partial charge in [-0.25, -0.2) is 4.39 Å². The molecule has 0 saturated heterocycles. The monoisotopic (exact) mass is 278 g/mol. The standard InChI is InChI=1S/C13H14F4O2/c1-3-12(11(18)19,8(2)13(15,16)17)9-4-6-10(14)7-5-9/h4-8H,3H2,1-2H3,(H,18,19)/t8-,12?/m1/s1. The van der Waals surface area contributed by atoms with Gasteiger partial charge in [0.1, 0.15) is 11.2 Å². The van der Waals surface area contributed by atoms with Gasteiger partial charge < -0.3 is 5.11 Å². The lowest BCUT2D eigenvalue weighted by Crippen LogP contribution is -2.47. The van der Waals surface area contributed by atoms with Gasteiger partial charge in [-0.05, 0) is 24.1 Å². The lowest BCUT2D eigenvalue weighted by molar-refractivity contribution is -0.198. The second kappa shape index (κ2) is 5.19. The first kappa shape index (κ1) is 15.5. The number of rotatable bonds is 4. The number of hydrogen-bond acceptors (Lipinski definition) is 1. The topological polar surface area (TPSA) is 37.3 Å². The average molecular weight is 278 g/mol. The SMILES string of the molecule is CCC(C(=O)O)(c1ccc(F)cc1)[C@@H](C)C(F)(F)F. The molecule has 1 aromatic carbocycles. The van der Waals surface area contributed by atoms with Crippen molar-refractivity contribution in [3.05, 3.63) is 35.6 Å². The number of alkyl halides is 3. The van der Waals surface area contributed by atoms with Gasteiger partial charge in [-0.15, -0.1) is 0 Å². The van der Waals surface area contributed by atoms with Gasteiger partial charge in [0.25, 0.3) is 0 Å². The molecule has 2 nitrogen and oxygen atoms in total. The summed E-state index contributed by atoms with van der Waals surface area (Å²) in [5.41, 5.74) is -2.15. The highest BCUT2D eigenvalue weighted by atomic mass is 19.4. The van der Waals surface area contributed by atoms with Crippen molar-refractivity contribution in [1.82, 2.24) is 0 Å². The van der Waals surface area contributed by atoms with Crippen molar-refractivity contribution < 1.29 is 27.5 Å². The van der Waals surface area contributed by atoms with E-state index in [9.17, 15) is 27.5 Å². The quantitative estimate of drug-likeness (QED) is 0.851. The summed E-state index contributed by atoms with van der Waals surface area (Å²) in [6, 6.07) is 4.11. The van der Waals surface area contributed by atoms with E-state index >= 15 is 0 Å². The van der Waals surface area contributed by atoms with Crippen molar-refractivity contribution in [3.8, 4) is 0 Å². The molecule has 1 rings (SSSR count). The first-order valence-electron chi connectivity index (χ1n) is 5.72. The maximum atomic E-state index is 12.9. The Bertz CT molecular complexity index is 453. The third-order valence-corrected chi connectivity index (χ3v) is 3.53. The third kappa shape index (κ3) is 2.72. The Labute approximate surface area is 108 Å². The first-order valence-corrected chi connectivity index (χ1v) is 5.72. The molecule has 6 heteroatoms. The van der Waals surface area contributed by atoms with Gasteiger partial charge in [-0.3, -0.25) is 4.79 Å². The molecule has 0 bridgehead atoms. The van der Waals surface area contributed by atoms with Gasteiger partial charge in [0, 0.05) is 0 Å². The Morgan fingerprint density at radius 3 is 2.05 bits per heavy atom. The normalized spacial score (nSPS) is 16.7. The Balaban J connectivity index is 3.43. The Morgan fingerprint density at radius 2 is 1.74 bits per heavy atom. The summed E-state index contributed by atoms with van der Waals surface area (Å²) in [5, 5.41) is 9.29. The molecule has 0 heterocycles. The highest BCUT2D eigenvalue weighted by Gasteiger charge is 2.55.